The molecule has 0 aromatic heterocycles. The third-order valence-electron chi connectivity index (χ3n) is 8.68. The van der Waals surface area contributed by atoms with E-state index in [4.69, 9.17) is 16.9 Å². The monoisotopic (exact) mass is 814 g/mol. The average molecular weight is 815 g/mol. The molecule has 56 heavy (non-hydrogen) atoms. The number of hydrogen-bond donors (Lipinski definition) is 12. The van der Waals surface area contributed by atoms with E-state index in [2.05, 4.69) is 37.2 Å². The zero-order valence-corrected chi connectivity index (χ0v) is 32.9. The normalized spacial score (nSPS) is 25.2. The number of carboxylic acid groups (broad SMARTS) is 1. The van der Waals surface area contributed by atoms with Gasteiger partial charge in [-0.2, -0.15) is 11.8 Å². The second-order valence-corrected chi connectivity index (χ2v) is 14.5. The van der Waals surface area contributed by atoms with Crippen LogP contribution in [0.2, 0.25) is 0 Å². The lowest BCUT2D eigenvalue weighted by Gasteiger charge is -2.28. The predicted octanol–water partition coefficient (Wildman–Crippen LogP) is -3.37. The zero-order valence-electron chi connectivity index (χ0n) is 32.1. The third-order valence-corrected chi connectivity index (χ3v) is 9.32. The summed E-state index contributed by atoms with van der Waals surface area (Å²) in [6.45, 7) is 3.11. The minimum atomic E-state index is -1.78. The molecule has 0 aromatic rings. The molecule has 14 N–H and O–H groups in total. The standard InChI is InChI=1S/C34H58N10O11S/c1-18-28(50)29(51)20(13-16-56-3)41-30(52)21(9-8-15-39-34(36)37)42-31(53)22(11-12-26(48)49)43-33(55)27(19(2)45)44-32(54)23(17-24(35)46)40-25(47)10-6-4-5-7-14-38-18/h18-23,27,38,45H,4-17H2,1-3H3,(H2,35,46)(H,40,47)(H,41,52)(H,42,53)(H,43,55)(H,44,54)(H,48,49)(H4,36,37,39)/t18?,19-,20?,21+,22?,23?,27+/m1/s1. The number of rotatable bonds is 13. The van der Waals surface area contributed by atoms with Crippen LogP contribution in [0.3, 0.4) is 0 Å². The number of carbonyl (C=O) groups excluding carboxylic acids is 8. The second-order valence-electron chi connectivity index (χ2n) is 13.5. The molecule has 1 aliphatic rings. The lowest BCUT2D eigenvalue weighted by molar-refractivity contribution is -0.140. The van der Waals surface area contributed by atoms with Crippen molar-refractivity contribution in [1.29, 1.82) is 5.41 Å². The number of guanidine groups is 1. The van der Waals surface area contributed by atoms with Crippen molar-refractivity contribution in [3.63, 3.8) is 0 Å². The van der Waals surface area contributed by atoms with Crippen molar-refractivity contribution < 1.29 is 53.4 Å². The van der Waals surface area contributed by atoms with Gasteiger partial charge in [0.05, 0.1) is 24.6 Å². The van der Waals surface area contributed by atoms with Gasteiger partial charge >= 0.3 is 5.97 Å². The fourth-order valence-corrected chi connectivity index (χ4v) is 6.01. The maximum absolute atomic E-state index is 13.8. The first-order chi connectivity index (χ1) is 26.4. The van der Waals surface area contributed by atoms with Gasteiger partial charge in [0.25, 0.3) is 0 Å². The van der Waals surface area contributed by atoms with Gasteiger partial charge < -0.3 is 58.9 Å². The van der Waals surface area contributed by atoms with E-state index in [9.17, 15) is 53.4 Å². The topological polar surface area (TPSA) is 354 Å². The lowest BCUT2D eigenvalue weighted by Crippen LogP contribution is -2.61. The Morgan fingerprint density at radius 2 is 1.41 bits per heavy atom. The number of primary amides is 1. The van der Waals surface area contributed by atoms with Crippen LogP contribution in [0.15, 0.2) is 0 Å². The number of ketones is 2. The molecule has 22 heteroatoms. The van der Waals surface area contributed by atoms with Crippen LogP contribution in [0.4, 0.5) is 0 Å². The molecular formula is C34H58N10O11S. The molecule has 1 aliphatic heterocycles. The first-order valence-corrected chi connectivity index (χ1v) is 19.8. The Labute approximate surface area is 329 Å². The summed E-state index contributed by atoms with van der Waals surface area (Å²) in [6.07, 6.45) is 0.647. The molecule has 1 rings (SSSR count). The molecule has 1 fully saturated rings. The van der Waals surface area contributed by atoms with Gasteiger partial charge in [0.15, 0.2) is 5.96 Å². The SMILES string of the molecule is CSCCC1NC(=O)[C@H](CCCNC(=N)N)NC(=O)C(CCC(=O)O)NC(=O)[C@H]([C@@H](C)O)NC(=O)C(CC(N)=O)NC(=O)CCCCCCNC(C)C(=O)C1=O. The minimum Gasteiger partial charge on any atom is -0.481 e. The maximum Gasteiger partial charge on any atom is 0.303 e. The van der Waals surface area contributed by atoms with Crippen molar-refractivity contribution in [2.75, 3.05) is 25.1 Å². The Morgan fingerprint density at radius 1 is 0.821 bits per heavy atom. The van der Waals surface area contributed by atoms with Crippen LogP contribution in [-0.4, -0.2) is 137 Å². The number of aliphatic carboxylic acids is 1. The minimum absolute atomic E-state index is 0.0303. The van der Waals surface area contributed by atoms with Crippen LogP contribution >= 0.6 is 11.8 Å². The summed E-state index contributed by atoms with van der Waals surface area (Å²) in [5, 5.41) is 44.8. The molecule has 0 saturated carbocycles. The zero-order chi connectivity index (χ0) is 42.4. The highest BCUT2D eigenvalue weighted by Gasteiger charge is 2.36. The molecular weight excluding hydrogens is 756 g/mol. The Bertz CT molecular complexity index is 1420. The van der Waals surface area contributed by atoms with Gasteiger partial charge in [-0.25, -0.2) is 0 Å². The molecule has 0 aromatic carbocycles. The molecule has 316 valence electrons. The van der Waals surface area contributed by atoms with Gasteiger partial charge in [0.2, 0.25) is 47.0 Å². The Balaban J connectivity index is 3.60. The summed E-state index contributed by atoms with van der Waals surface area (Å²) in [4.78, 5) is 117. The van der Waals surface area contributed by atoms with Crippen molar-refractivity contribution in [2.24, 2.45) is 11.5 Å². The number of carboxylic acids is 1. The molecule has 6 amide bonds. The van der Waals surface area contributed by atoms with Crippen LogP contribution in [-0.2, 0) is 43.2 Å². The fraction of sp³-hybridized carbons (Fsp3) is 0.706. The maximum atomic E-state index is 13.8. The second kappa shape index (κ2) is 26.1. The number of nitrogens with two attached hydrogens (primary N) is 2. The highest BCUT2D eigenvalue weighted by molar-refractivity contribution is 7.98. The van der Waals surface area contributed by atoms with Crippen LogP contribution in [0.1, 0.15) is 84.5 Å². The van der Waals surface area contributed by atoms with Crippen LogP contribution in [0.5, 0.6) is 0 Å². The summed E-state index contributed by atoms with van der Waals surface area (Å²) in [6, 6.07) is -8.54. The Hall–Kier alpha value is -4.83. The van der Waals surface area contributed by atoms with Crippen molar-refractivity contribution in [2.45, 2.75) is 127 Å². The van der Waals surface area contributed by atoms with Gasteiger partial charge in [0.1, 0.15) is 24.2 Å². The van der Waals surface area contributed by atoms with E-state index in [1.807, 2.05) is 0 Å². The fourth-order valence-electron chi connectivity index (χ4n) is 5.54. The number of amides is 6. The number of aliphatic hydroxyl groups is 1. The predicted molar refractivity (Wildman–Crippen MR) is 205 cm³/mol. The smallest absolute Gasteiger partial charge is 0.303 e. The Kier molecular flexibility index (Phi) is 22.9. The molecule has 1 heterocycles. The molecule has 0 bridgehead atoms. The van der Waals surface area contributed by atoms with Crippen LogP contribution in [0.25, 0.3) is 0 Å². The molecule has 21 nitrogen and oxygen atoms in total. The van der Waals surface area contributed by atoms with E-state index >= 15 is 0 Å². The van der Waals surface area contributed by atoms with Gasteiger partial charge in [-0.3, -0.25) is 48.6 Å². The quantitative estimate of drug-likeness (QED) is 0.0374. The molecule has 0 aliphatic carbocycles. The highest BCUT2D eigenvalue weighted by Crippen LogP contribution is 2.10. The highest BCUT2D eigenvalue weighted by atomic mass is 32.2. The van der Waals surface area contributed by atoms with Crippen LogP contribution in [0, 0.1) is 5.41 Å². The first kappa shape index (κ1) is 49.2. The van der Waals surface area contributed by atoms with Crippen molar-refractivity contribution >= 4 is 70.7 Å². The van der Waals surface area contributed by atoms with Gasteiger partial charge in [-0.1, -0.05) is 12.8 Å². The average Bonchev–Trinajstić information content (AvgIpc) is 3.12. The summed E-state index contributed by atoms with van der Waals surface area (Å²) in [5.74, 6) is -8.60. The molecule has 4 unspecified atom stereocenters. The summed E-state index contributed by atoms with van der Waals surface area (Å²) in [7, 11) is 0. The van der Waals surface area contributed by atoms with E-state index < -0.39 is 115 Å². The van der Waals surface area contributed by atoms with Gasteiger partial charge in [-0.15, -0.1) is 0 Å². The van der Waals surface area contributed by atoms with E-state index in [0.717, 1.165) is 6.92 Å². The lowest BCUT2D eigenvalue weighted by atomic mass is 10.0. The van der Waals surface area contributed by atoms with Crippen molar-refractivity contribution in [3.8, 4) is 0 Å². The Morgan fingerprint density at radius 3 is 2.00 bits per heavy atom. The number of thioether (sulfide) groups is 1. The van der Waals surface area contributed by atoms with Gasteiger partial charge in [0, 0.05) is 19.4 Å². The summed E-state index contributed by atoms with van der Waals surface area (Å²) >= 11 is 1.37. The number of aliphatic hydroxyl groups excluding tert-OH is 1. The van der Waals surface area contributed by atoms with E-state index in [1.165, 1.54) is 18.7 Å². The number of nitrogens with one attached hydrogen (secondary N) is 8. The van der Waals surface area contributed by atoms with E-state index in [0.29, 0.717) is 38.0 Å². The third kappa shape index (κ3) is 19.2. The largest absolute Gasteiger partial charge is 0.481 e. The number of Topliss-reactive ketones (excluding diaryl/α,β-unsaturated/α-hetero) is 2. The van der Waals surface area contributed by atoms with Gasteiger partial charge in [-0.05, 0) is 70.9 Å². The molecule has 0 radical (unpaired) electrons. The van der Waals surface area contributed by atoms with E-state index in [-0.39, 0.29) is 38.2 Å². The number of carbonyl (C=O) groups is 9. The van der Waals surface area contributed by atoms with E-state index in [1.54, 1.807) is 6.26 Å². The molecule has 7 atom stereocenters. The summed E-state index contributed by atoms with van der Waals surface area (Å²) < 4.78 is 0. The summed E-state index contributed by atoms with van der Waals surface area (Å²) in [5.41, 5.74) is 10.7. The van der Waals surface area contributed by atoms with Crippen molar-refractivity contribution in [1.82, 2.24) is 37.2 Å². The first-order valence-electron chi connectivity index (χ1n) is 18.4. The molecule has 0 spiro atoms. The van der Waals surface area contributed by atoms with Crippen molar-refractivity contribution in [3.05, 3.63) is 0 Å². The van der Waals surface area contributed by atoms with Crippen LogP contribution < -0.4 is 48.7 Å². The number of hydrogen-bond acceptors (Lipinski definition) is 13. The molecule has 1 saturated heterocycles.